The summed E-state index contributed by atoms with van der Waals surface area (Å²) in [6.45, 7) is 1.59. The van der Waals surface area contributed by atoms with Gasteiger partial charge in [0.1, 0.15) is 24.0 Å². The lowest BCUT2D eigenvalue weighted by Crippen LogP contribution is -2.32. The van der Waals surface area contributed by atoms with Crippen molar-refractivity contribution in [2.75, 3.05) is 20.2 Å². The number of aliphatic hydroxyl groups excluding tert-OH is 1. The zero-order valence-electron chi connectivity index (χ0n) is 13.8. The minimum Gasteiger partial charge on any atom is -0.489 e. The number of benzene rings is 2. The molecule has 0 fully saturated rings. The maximum absolute atomic E-state index is 10.2. The minimum absolute atomic E-state index is 0.245. The van der Waals surface area contributed by atoms with Crippen LogP contribution in [-0.4, -0.2) is 41.3 Å². The minimum atomic E-state index is -0.558. The summed E-state index contributed by atoms with van der Waals surface area (Å²) < 4.78 is 5.79. The molecule has 4 nitrogen and oxygen atoms in total. The third kappa shape index (κ3) is 4.31. The van der Waals surface area contributed by atoms with E-state index < -0.39 is 6.10 Å². The number of hydrogen-bond acceptors (Lipinski definition) is 4. The summed E-state index contributed by atoms with van der Waals surface area (Å²) >= 11 is 0. The molecule has 0 saturated heterocycles. The van der Waals surface area contributed by atoms with Gasteiger partial charge in [0, 0.05) is 24.7 Å². The number of aliphatic hydroxyl groups is 1. The predicted octanol–water partition coefficient (Wildman–Crippen LogP) is 3.11. The van der Waals surface area contributed by atoms with Crippen molar-refractivity contribution in [3.8, 4) is 5.75 Å². The second kappa shape index (κ2) is 7.90. The lowest BCUT2D eigenvalue weighted by molar-refractivity contribution is 0.0749. The second-order valence-electron chi connectivity index (χ2n) is 5.98. The van der Waals surface area contributed by atoms with Crippen LogP contribution in [-0.2, 0) is 6.54 Å². The molecule has 1 aromatic heterocycles. The summed E-state index contributed by atoms with van der Waals surface area (Å²) in [5.74, 6) is 0.706. The average molecular weight is 322 g/mol. The predicted molar refractivity (Wildman–Crippen MR) is 96.0 cm³/mol. The number of likely N-dealkylation sites (N-methyl/N-ethyl adjacent to an activating group) is 1. The summed E-state index contributed by atoms with van der Waals surface area (Å²) in [6, 6.07) is 19.9. The molecule has 0 bridgehead atoms. The molecule has 1 unspecified atom stereocenters. The summed E-state index contributed by atoms with van der Waals surface area (Å²) in [6.07, 6.45) is 1.19. The summed E-state index contributed by atoms with van der Waals surface area (Å²) in [5.41, 5.74) is 2.05. The SMILES string of the molecule is CN(Cc1ccccc1)CC(O)COc1cccc2cccnc12. The first-order valence-electron chi connectivity index (χ1n) is 8.09. The van der Waals surface area contributed by atoms with Gasteiger partial charge in [0.15, 0.2) is 0 Å². The van der Waals surface area contributed by atoms with Crippen LogP contribution in [0.2, 0.25) is 0 Å². The molecular weight excluding hydrogens is 300 g/mol. The van der Waals surface area contributed by atoms with Gasteiger partial charge in [0.05, 0.1) is 0 Å². The molecule has 4 heteroatoms. The molecule has 1 atom stereocenters. The van der Waals surface area contributed by atoms with E-state index in [-0.39, 0.29) is 6.61 Å². The summed E-state index contributed by atoms with van der Waals surface area (Å²) in [4.78, 5) is 6.45. The fourth-order valence-electron chi connectivity index (χ4n) is 2.75. The standard InChI is InChI=1S/C20H22N2O2/c1-22(13-16-7-3-2-4-8-16)14-18(23)15-24-19-11-5-9-17-10-6-12-21-20(17)19/h2-12,18,23H,13-15H2,1H3. The van der Waals surface area contributed by atoms with Crippen LogP contribution in [0.3, 0.4) is 0 Å². The van der Waals surface area contributed by atoms with Crippen molar-refractivity contribution >= 4 is 10.9 Å². The molecule has 0 aliphatic heterocycles. The van der Waals surface area contributed by atoms with Gasteiger partial charge in [-0.15, -0.1) is 0 Å². The normalized spacial score (nSPS) is 12.5. The molecule has 0 radical (unpaired) electrons. The molecule has 124 valence electrons. The first-order valence-corrected chi connectivity index (χ1v) is 8.09. The van der Waals surface area contributed by atoms with E-state index in [9.17, 15) is 5.11 Å². The maximum atomic E-state index is 10.2. The van der Waals surface area contributed by atoms with Crippen LogP contribution in [0, 0.1) is 0 Å². The molecule has 1 N–H and O–H groups in total. The topological polar surface area (TPSA) is 45.6 Å². The van der Waals surface area contributed by atoms with Crippen LogP contribution in [0.1, 0.15) is 5.56 Å². The van der Waals surface area contributed by atoms with Crippen molar-refractivity contribution in [3.63, 3.8) is 0 Å². The first kappa shape index (κ1) is 16.4. The molecule has 0 amide bonds. The van der Waals surface area contributed by atoms with Gasteiger partial charge in [0.25, 0.3) is 0 Å². The Morgan fingerprint density at radius 3 is 2.67 bits per heavy atom. The lowest BCUT2D eigenvalue weighted by atomic mass is 10.2. The highest BCUT2D eigenvalue weighted by Gasteiger charge is 2.11. The molecule has 0 spiro atoms. The van der Waals surface area contributed by atoms with E-state index in [2.05, 4.69) is 22.0 Å². The number of rotatable bonds is 7. The molecule has 24 heavy (non-hydrogen) atoms. The van der Waals surface area contributed by atoms with Gasteiger partial charge in [-0.3, -0.25) is 9.88 Å². The quantitative estimate of drug-likeness (QED) is 0.726. The van der Waals surface area contributed by atoms with Gasteiger partial charge in [-0.05, 0) is 24.7 Å². The highest BCUT2D eigenvalue weighted by molar-refractivity contribution is 5.84. The van der Waals surface area contributed by atoms with Gasteiger partial charge in [-0.1, -0.05) is 48.5 Å². The van der Waals surface area contributed by atoms with Gasteiger partial charge >= 0.3 is 0 Å². The number of aromatic nitrogens is 1. The Balaban J connectivity index is 1.54. The Morgan fingerprint density at radius 2 is 1.83 bits per heavy atom. The molecule has 3 rings (SSSR count). The van der Waals surface area contributed by atoms with Crippen LogP contribution in [0.4, 0.5) is 0 Å². The number of para-hydroxylation sites is 1. The fourth-order valence-corrected chi connectivity index (χ4v) is 2.75. The molecule has 1 heterocycles. The van der Waals surface area contributed by atoms with Gasteiger partial charge in [-0.2, -0.15) is 0 Å². The molecule has 2 aromatic carbocycles. The number of nitrogens with zero attached hydrogens (tertiary/aromatic N) is 2. The third-order valence-corrected chi connectivity index (χ3v) is 3.84. The number of fused-ring (bicyclic) bond motifs is 1. The largest absolute Gasteiger partial charge is 0.489 e. The molecule has 0 aliphatic rings. The number of pyridine rings is 1. The monoisotopic (exact) mass is 322 g/mol. The summed E-state index contributed by atoms with van der Waals surface area (Å²) in [5, 5.41) is 11.3. The van der Waals surface area contributed by atoms with Crippen molar-refractivity contribution in [1.82, 2.24) is 9.88 Å². The van der Waals surface area contributed by atoms with Gasteiger partial charge in [-0.25, -0.2) is 0 Å². The van der Waals surface area contributed by atoms with Crippen LogP contribution < -0.4 is 4.74 Å². The van der Waals surface area contributed by atoms with Gasteiger partial charge < -0.3 is 9.84 Å². The van der Waals surface area contributed by atoms with E-state index in [1.165, 1.54) is 5.56 Å². The van der Waals surface area contributed by atoms with Crippen LogP contribution >= 0.6 is 0 Å². The Labute approximate surface area is 142 Å². The van der Waals surface area contributed by atoms with E-state index in [1.807, 2.05) is 55.6 Å². The Hall–Kier alpha value is -2.43. The zero-order chi connectivity index (χ0) is 16.8. The van der Waals surface area contributed by atoms with Crippen molar-refractivity contribution < 1.29 is 9.84 Å². The summed E-state index contributed by atoms with van der Waals surface area (Å²) in [7, 11) is 2.00. The highest BCUT2D eigenvalue weighted by atomic mass is 16.5. The maximum Gasteiger partial charge on any atom is 0.145 e. The average Bonchev–Trinajstić information content (AvgIpc) is 2.60. The van der Waals surface area contributed by atoms with E-state index in [4.69, 9.17) is 4.74 Å². The van der Waals surface area contributed by atoms with Crippen molar-refractivity contribution in [3.05, 3.63) is 72.4 Å². The van der Waals surface area contributed by atoms with Crippen molar-refractivity contribution in [2.24, 2.45) is 0 Å². The molecular formula is C20H22N2O2. The Kier molecular flexibility index (Phi) is 5.41. The van der Waals surface area contributed by atoms with E-state index in [1.54, 1.807) is 6.20 Å². The van der Waals surface area contributed by atoms with E-state index in [0.717, 1.165) is 17.4 Å². The van der Waals surface area contributed by atoms with E-state index in [0.29, 0.717) is 12.3 Å². The zero-order valence-corrected chi connectivity index (χ0v) is 13.8. The molecule has 0 aliphatic carbocycles. The Bertz CT molecular complexity index is 771. The number of hydrogen-bond donors (Lipinski definition) is 1. The fraction of sp³-hybridized carbons (Fsp3) is 0.250. The Morgan fingerprint density at radius 1 is 1.04 bits per heavy atom. The lowest BCUT2D eigenvalue weighted by Gasteiger charge is -2.21. The van der Waals surface area contributed by atoms with Crippen LogP contribution in [0.15, 0.2) is 66.9 Å². The highest BCUT2D eigenvalue weighted by Crippen LogP contribution is 2.23. The van der Waals surface area contributed by atoms with Crippen LogP contribution in [0.25, 0.3) is 10.9 Å². The molecule has 3 aromatic rings. The smallest absolute Gasteiger partial charge is 0.145 e. The van der Waals surface area contributed by atoms with E-state index >= 15 is 0 Å². The van der Waals surface area contributed by atoms with Gasteiger partial charge in [0.2, 0.25) is 0 Å². The second-order valence-corrected chi connectivity index (χ2v) is 5.98. The first-order chi connectivity index (χ1) is 11.7. The van der Waals surface area contributed by atoms with Crippen molar-refractivity contribution in [2.45, 2.75) is 12.6 Å². The molecule has 0 saturated carbocycles. The van der Waals surface area contributed by atoms with Crippen molar-refractivity contribution in [1.29, 1.82) is 0 Å². The van der Waals surface area contributed by atoms with Crippen LogP contribution in [0.5, 0.6) is 5.75 Å². The number of ether oxygens (including phenoxy) is 1. The third-order valence-electron chi connectivity index (χ3n) is 3.84.